The summed E-state index contributed by atoms with van der Waals surface area (Å²) in [7, 11) is -4.08. The van der Waals surface area contributed by atoms with E-state index in [2.05, 4.69) is 5.32 Å². The SMILES string of the molecule is CCCNC(=O)[C@H](C)N(Cc1ccccc1Cl)C(=O)CN(c1cccc(C)c1)S(=O)(=O)c1ccccc1. The Morgan fingerprint density at radius 1 is 0.973 bits per heavy atom. The van der Waals surface area contributed by atoms with Gasteiger partial charge in [0.05, 0.1) is 10.6 Å². The summed E-state index contributed by atoms with van der Waals surface area (Å²) in [4.78, 5) is 28.1. The first-order valence-electron chi connectivity index (χ1n) is 12.1. The molecule has 3 aromatic carbocycles. The van der Waals surface area contributed by atoms with Gasteiger partial charge in [0.1, 0.15) is 12.6 Å². The molecule has 9 heteroatoms. The minimum atomic E-state index is -4.08. The second-order valence-corrected chi connectivity index (χ2v) is 11.0. The third-order valence-corrected chi connectivity index (χ3v) is 8.07. The van der Waals surface area contributed by atoms with Crippen LogP contribution in [0.1, 0.15) is 31.4 Å². The number of benzene rings is 3. The molecule has 0 spiro atoms. The van der Waals surface area contributed by atoms with Gasteiger partial charge in [-0.1, -0.05) is 67.1 Å². The van der Waals surface area contributed by atoms with E-state index in [4.69, 9.17) is 11.6 Å². The lowest BCUT2D eigenvalue weighted by Gasteiger charge is -2.32. The van der Waals surface area contributed by atoms with Gasteiger partial charge in [0.25, 0.3) is 10.0 Å². The highest BCUT2D eigenvalue weighted by Gasteiger charge is 2.32. The molecule has 37 heavy (non-hydrogen) atoms. The number of nitrogens with one attached hydrogen (secondary N) is 1. The molecule has 196 valence electrons. The third-order valence-electron chi connectivity index (χ3n) is 5.91. The Balaban J connectivity index is 2.02. The molecule has 2 amide bonds. The zero-order valence-corrected chi connectivity index (χ0v) is 22.8. The van der Waals surface area contributed by atoms with Crippen LogP contribution in [0.15, 0.2) is 83.8 Å². The van der Waals surface area contributed by atoms with E-state index in [1.807, 2.05) is 19.9 Å². The van der Waals surface area contributed by atoms with E-state index < -0.39 is 28.5 Å². The smallest absolute Gasteiger partial charge is 0.264 e. The molecule has 1 atom stereocenters. The van der Waals surface area contributed by atoms with Crippen molar-refractivity contribution in [2.24, 2.45) is 0 Å². The largest absolute Gasteiger partial charge is 0.354 e. The summed E-state index contributed by atoms with van der Waals surface area (Å²) in [5.74, 6) is -0.852. The number of anilines is 1. The zero-order chi connectivity index (χ0) is 27.0. The molecule has 0 heterocycles. The average Bonchev–Trinajstić information content (AvgIpc) is 2.89. The minimum absolute atomic E-state index is 0.0479. The maximum Gasteiger partial charge on any atom is 0.264 e. The van der Waals surface area contributed by atoms with Crippen LogP contribution in [0.2, 0.25) is 5.02 Å². The molecule has 7 nitrogen and oxygen atoms in total. The Hall–Kier alpha value is -3.36. The lowest BCUT2D eigenvalue weighted by atomic mass is 10.1. The van der Waals surface area contributed by atoms with E-state index in [1.54, 1.807) is 67.6 Å². The number of aryl methyl sites for hydroxylation is 1. The fourth-order valence-corrected chi connectivity index (χ4v) is 5.44. The van der Waals surface area contributed by atoms with Crippen molar-refractivity contribution in [1.82, 2.24) is 10.2 Å². The van der Waals surface area contributed by atoms with Crippen LogP contribution in [-0.4, -0.2) is 44.3 Å². The van der Waals surface area contributed by atoms with Crippen molar-refractivity contribution >= 4 is 39.1 Å². The highest BCUT2D eigenvalue weighted by molar-refractivity contribution is 7.92. The Labute approximate surface area is 224 Å². The highest BCUT2D eigenvalue weighted by atomic mass is 35.5. The molecule has 0 bridgehead atoms. The molecule has 3 aromatic rings. The van der Waals surface area contributed by atoms with Crippen molar-refractivity contribution in [1.29, 1.82) is 0 Å². The fourth-order valence-electron chi connectivity index (χ4n) is 3.82. The molecule has 0 radical (unpaired) electrons. The molecule has 0 unspecified atom stereocenters. The number of carbonyl (C=O) groups is 2. The second-order valence-electron chi connectivity index (χ2n) is 8.74. The average molecular weight is 542 g/mol. The number of hydrogen-bond donors (Lipinski definition) is 1. The van der Waals surface area contributed by atoms with Crippen LogP contribution in [0.3, 0.4) is 0 Å². The highest BCUT2D eigenvalue weighted by Crippen LogP contribution is 2.26. The number of amides is 2. The van der Waals surface area contributed by atoms with Crippen molar-refractivity contribution in [2.45, 2.75) is 44.7 Å². The molecule has 0 fully saturated rings. The Kier molecular flexibility index (Phi) is 9.72. The van der Waals surface area contributed by atoms with Crippen molar-refractivity contribution < 1.29 is 18.0 Å². The zero-order valence-electron chi connectivity index (χ0n) is 21.2. The standard InChI is InChI=1S/C28H32ClN3O4S/c1-4-17-30-28(34)22(3)31(19-23-12-8-9-16-26(23)29)27(33)20-32(24-13-10-11-21(2)18-24)37(35,36)25-14-6-5-7-15-25/h5-16,18,22H,4,17,19-20H2,1-3H3,(H,30,34)/t22-/m0/s1. The third kappa shape index (κ3) is 7.11. The topological polar surface area (TPSA) is 86.8 Å². The van der Waals surface area contributed by atoms with E-state index in [9.17, 15) is 18.0 Å². The van der Waals surface area contributed by atoms with Gasteiger partial charge in [-0.2, -0.15) is 0 Å². The van der Waals surface area contributed by atoms with E-state index in [0.29, 0.717) is 22.8 Å². The molecule has 0 aromatic heterocycles. The summed E-state index contributed by atoms with van der Waals surface area (Å²) < 4.78 is 28.5. The Bertz CT molecular complexity index is 1330. The van der Waals surface area contributed by atoms with Crippen LogP contribution < -0.4 is 9.62 Å². The van der Waals surface area contributed by atoms with Crippen LogP contribution in [-0.2, 0) is 26.2 Å². The van der Waals surface area contributed by atoms with Gasteiger partial charge >= 0.3 is 0 Å². The molecule has 0 saturated heterocycles. The van der Waals surface area contributed by atoms with Crippen molar-refractivity contribution in [3.63, 3.8) is 0 Å². The number of nitrogens with zero attached hydrogens (tertiary/aromatic N) is 2. The number of sulfonamides is 1. The monoisotopic (exact) mass is 541 g/mol. The van der Waals surface area contributed by atoms with Crippen LogP contribution in [0.5, 0.6) is 0 Å². The Morgan fingerprint density at radius 2 is 1.65 bits per heavy atom. The number of hydrogen-bond acceptors (Lipinski definition) is 4. The number of halogens is 1. The van der Waals surface area contributed by atoms with Gasteiger partial charge in [0.15, 0.2) is 0 Å². The molecule has 0 aliphatic heterocycles. The first-order chi connectivity index (χ1) is 17.6. The summed E-state index contributed by atoms with van der Waals surface area (Å²) in [6.45, 7) is 5.44. The Morgan fingerprint density at radius 3 is 2.30 bits per heavy atom. The summed E-state index contributed by atoms with van der Waals surface area (Å²) in [6, 6.07) is 21.1. The van der Waals surface area contributed by atoms with E-state index in [0.717, 1.165) is 16.3 Å². The fraction of sp³-hybridized carbons (Fsp3) is 0.286. The van der Waals surface area contributed by atoms with E-state index in [1.165, 1.54) is 17.0 Å². The van der Waals surface area contributed by atoms with Gasteiger partial charge in [-0.05, 0) is 61.7 Å². The first-order valence-corrected chi connectivity index (χ1v) is 13.9. The van der Waals surface area contributed by atoms with Crippen molar-refractivity contribution in [3.8, 4) is 0 Å². The lowest BCUT2D eigenvalue weighted by Crippen LogP contribution is -2.51. The maximum atomic E-state index is 13.8. The van der Waals surface area contributed by atoms with Crippen LogP contribution in [0.4, 0.5) is 5.69 Å². The van der Waals surface area contributed by atoms with Crippen LogP contribution in [0.25, 0.3) is 0 Å². The van der Waals surface area contributed by atoms with Gasteiger partial charge in [0, 0.05) is 18.1 Å². The molecule has 0 aliphatic carbocycles. The molecule has 1 N–H and O–H groups in total. The van der Waals surface area contributed by atoms with Crippen molar-refractivity contribution in [2.75, 3.05) is 17.4 Å². The van der Waals surface area contributed by atoms with Crippen molar-refractivity contribution in [3.05, 3.63) is 95.0 Å². The summed E-state index contributed by atoms with van der Waals surface area (Å²) in [5.41, 5.74) is 1.86. The van der Waals surface area contributed by atoms with Crippen LogP contribution >= 0.6 is 11.6 Å². The lowest BCUT2D eigenvalue weighted by molar-refractivity contribution is -0.139. The molecular formula is C28H32ClN3O4S. The van der Waals surface area contributed by atoms with E-state index >= 15 is 0 Å². The molecule has 3 rings (SSSR count). The second kappa shape index (κ2) is 12.7. The predicted octanol–water partition coefficient (Wildman–Crippen LogP) is 4.79. The van der Waals surface area contributed by atoms with Gasteiger partial charge in [0.2, 0.25) is 11.8 Å². The molecular weight excluding hydrogens is 510 g/mol. The maximum absolute atomic E-state index is 13.8. The van der Waals surface area contributed by atoms with Crippen LogP contribution in [0, 0.1) is 6.92 Å². The molecule has 0 saturated carbocycles. The minimum Gasteiger partial charge on any atom is -0.354 e. The van der Waals surface area contributed by atoms with Gasteiger partial charge in [-0.25, -0.2) is 8.42 Å². The van der Waals surface area contributed by atoms with Gasteiger partial charge in [-0.15, -0.1) is 0 Å². The normalized spacial score (nSPS) is 12.0. The van der Waals surface area contributed by atoms with Gasteiger partial charge < -0.3 is 10.2 Å². The summed E-state index contributed by atoms with van der Waals surface area (Å²) in [6.07, 6.45) is 0.743. The quantitative estimate of drug-likeness (QED) is 0.378. The summed E-state index contributed by atoms with van der Waals surface area (Å²) in [5, 5.41) is 3.27. The number of carbonyl (C=O) groups excluding carboxylic acids is 2. The number of rotatable bonds is 11. The summed E-state index contributed by atoms with van der Waals surface area (Å²) >= 11 is 6.37. The van der Waals surface area contributed by atoms with E-state index in [-0.39, 0.29) is 17.3 Å². The predicted molar refractivity (Wildman–Crippen MR) is 147 cm³/mol. The first kappa shape index (κ1) is 28.2. The molecule has 0 aliphatic rings. The van der Waals surface area contributed by atoms with Gasteiger partial charge in [-0.3, -0.25) is 13.9 Å².